The van der Waals surface area contributed by atoms with Crippen LogP contribution in [0.4, 0.5) is 5.69 Å². The van der Waals surface area contributed by atoms with Gasteiger partial charge in [0.2, 0.25) is 10.0 Å². The van der Waals surface area contributed by atoms with Crippen LogP contribution in [-0.4, -0.2) is 86.8 Å². The maximum atomic E-state index is 13.0. The van der Waals surface area contributed by atoms with Gasteiger partial charge in [-0.25, -0.2) is 8.42 Å². The molecule has 4 rings (SSSR count). The second kappa shape index (κ2) is 10.7. The predicted molar refractivity (Wildman–Crippen MR) is 137 cm³/mol. The number of hydrogen-bond donors (Lipinski definition) is 0. The van der Waals surface area contributed by atoms with E-state index in [1.165, 1.54) is 9.71 Å². The van der Waals surface area contributed by atoms with Gasteiger partial charge < -0.3 is 9.80 Å². The van der Waals surface area contributed by atoms with E-state index in [1.807, 2.05) is 54.6 Å². The molecule has 0 aromatic heterocycles. The van der Waals surface area contributed by atoms with Crippen LogP contribution < -0.4 is 4.90 Å². The van der Waals surface area contributed by atoms with E-state index in [-0.39, 0.29) is 5.91 Å². The molecule has 0 aliphatic carbocycles. The topological polar surface area (TPSA) is 64.2 Å². The Labute approximate surface area is 203 Å². The van der Waals surface area contributed by atoms with E-state index in [2.05, 4.69) is 23.6 Å². The number of carbonyl (C=O) groups excluding carboxylic acids is 1. The number of carbonyl (C=O) groups is 1. The summed E-state index contributed by atoms with van der Waals surface area (Å²) in [5.41, 5.74) is 2.62. The molecule has 0 unspecified atom stereocenters. The molecule has 0 radical (unpaired) electrons. The third-order valence-corrected chi connectivity index (χ3v) is 8.21. The Morgan fingerprint density at radius 1 is 0.824 bits per heavy atom. The molecule has 0 atom stereocenters. The van der Waals surface area contributed by atoms with Crippen LogP contribution in [0.2, 0.25) is 0 Å². The Hall–Kier alpha value is -2.68. The first-order valence-corrected chi connectivity index (χ1v) is 13.5. The number of piperazine rings is 2. The van der Waals surface area contributed by atoms with Gasteiger partial charge in [-0.1, -0.05) is 30.3 Å². The van der Waals surface area contributed by atoms with Crippen LogP contribution in [0.15, 0.2) is 60.0 Å². The molecule has 2 aliphatic heterocycles. The van der Waals surface area contributed by atoms with E-state index < -0.39 is 10.0 Å². The van der Waals surface area contributed by atoms with Crippen molar-refractivity contribution in [3.63, 3.8) is 0 Å². The largest absolute Gasteiger partial charge is 0.369 e. The zero-order chi connectivity index (χ0) is 24.1. The third-order valence-electron chi connectivity index (χ3n) is 6.64. The highest BCUT2D eigenvalue weighted by molar-refractivity contribution is 7.92. The van der Waals surface area contributed by atoms with E-state index in [0.717, 1.165) is 37.4 Å². The van der Waals surface area contributed by atoms with Crippen LogP contribution in [0, 0.1) is 0 Å². The van der Waals surface area contributed by atoms with Gasteiger partial charge in [0.1, 0.15) is 0 Å². The summed E-state index contributed by atoms with van der Waals surface area (Å²) in [6, 6.07) is 17.7. The van der Waals surface area contributed by atoms with Crippen molar-refractivity contribution >= 4 is 27.7 Å². The van der Waals surface area contributed by atoms with E-state index in [1.54, 1.807) is 11.0 Å². The highest BCUT2D eigenvalue weighted by atomic mass is 32.2. The van der Waals surface area contributed by atoms with Gasteiger partial charge in [-0.2, -0.15) is 4.31 Å². The number of anilines is 1. The SMILES string of the molecule is CC(C)N1CCN(c2ccc(C(=O)N3CCN(S(=O)(=O)/C=C/c4ccccc4)CC3)cc2)CC1. The minimum absolute atomic E-state index is 0.0481. The van der Waals surface area contributed by atoms with Gasteiger partial charge in [-0.15, -0.1) is 0 Å². The molecular formula is C26H34N4O3S. The molecular weight excluding hydrogens is 448 g/mol. The Bertz CT molecular complexity index is 1080. The Kier molecular flexibility index (Phi) is 7.70. The molecule has 0 spiro atoms. The van der Waals surface area contributed by atoms with Crippen molar-refractivity contribution in [2.45, 2.75) is 19.9 Å². The second-order valence-electron chi connectivity index (χ2n) is 9.11. The van der Waals surface area contributed by atoms with E-state index in [4.69, 9.17) is 0 Å². The van der Waals surface area contributed by atoms with Crippen LogP contribution in [0.5, 0.6) is 0 Å². The van der Waals surface area contributed by atoms with Crippen LogP contribution in [0.1, 0.15) is 29.8 Å². The van der Waals surface area contributed by atoms with Crippen molar-refractivity contribution < 1.29 is 13.2 Å². The molecule has 2 fully saturated rings. The van der Waals surface area contributed by atoms with Crippen molar-refractivity contribution in [2.75, 3.05) is 57.3 Å². The van der Waals surface area contributed by atoms with Crippen LogP contribution in [-0.2, 0) is 10.0 Å². The molecule has 182 valence electrons. The quantitative estimate of drug-likeness (QED) is 0.634. The Morgan fingerprint density at radius 2 is 1.44 bits per heavy atom. The van der Waals surface area contributed by atoms with Gasteiger partial charge in [0, 0.05) is 75.1 Å². The van der Waals surface area contributed by atoms with E-state index in [9.17, 15) is 13.2 Å². The highest BCUT2D eigenvalue weighted by Crippen LogP contribution is 2.20. The third kappa shape index (κ3) is 5.87. The lowest BCUT2D eigenvalue weighted by molar-refractivity contribution is 0.0698. The molecule has 0 saturated carbocycles. The predicted octanol–water partition coefficient (Wildman–Crippen LogP) is 2.98. The number of sulfonamides is 1. The normalized spacial score (nSPS) is 18.7. The minimum atomic E-state index is -3.52. The molecule has 8 heteroatoms. The minimum Gasteiger partial charge on any atom is -0.369 e. The first-order chi connectivity index (χ1) is 16.3. The van der Waals surface area contributed by atoms with Gasteiger partial charge in [-0.05, 0) is 49.8 Å². The molecule has 1 amide bonds. The van der Waals surface area contributed by atoms with Crippen molar-refractivity contribution in [3.05, 3.63) is 71.1 Å². The smallest absolute Gasteiger partial charge is 0.253 e. The summed E-state index contributed by atoms with van der Waals surface area (Å²) < 4.78 is 26.8. The Balaban J connectivity index is 1.31. The van der Waals surface area contributed by atoms with Crippen molar-refractivity contribution in [2.24, 2.45) is 0 Å². The fraction of sp³-hybridized carbons (Fsp3) is 0.423. The summed E-state index contributed by atoms with van der Waals surface area (Å²) in [6.45, 7) is 9.89. The fourth-order valence-corrected chi connectivity index (χ4v) is 5.63. The second-order valence-corrected chi connectivity index (χ2v) is 10.9. The molecule has 2 aromatic rings. The van der Waals surface area contributed by atoms with Crippen molar-refractivity contribution in [1.29, 1.82) is 0 Å². The molecule has 2 heterocycles. The summed E-state index contributed by atoms with van der Waals surface area (Å²) >= 11 is 0. The monoisotopic (exact) mass is 482 g/mol. The fourth-order valence-electron chi connectivity index (χ4n) is 4.45. The summed E-state index contributed by atoms with van der Waals surface area (Å²) in [5, 5.41) is 1.25. The average Bonchev–Trinajstić information content (AvgIpc) is 2.88. The summed E-state index contributed by atoms with van der Waals surface area (Å²) in [5.74, 6) is -0.0481. The maximum Gasteiger partial charge on any atom is 0.253 e. The number of hydrogen-bond acceptors (Lipinski definition) is 5. The van der Waals surface area contributed by atoms with Gasteiger partial charge >= 0.3 is 0 Å². The van der Waals surface area contributed by atoms with Gasteiger partial charge in [0.25, 0.3) is 5.91 Å². The van der Waals surface area contributed by atoms with E-state index in [0.29, 0.717) is 37.8 Å². The first kappa shape index (κ1) is 24.4. The standard InChI is InChI=1S/C26H34N4O3S/c1-22(2)27-13-15-28(16-14-27)25-10-8-24(9-11-25)26(31)29-17-19-30(20-18-29)34(32,33)21-12-23-6-4-3-5-7-23/h3-12,21-22H,13-20H2,1-2H3/b21-12+. The molecule has 0 bridgehead atoms. The van der Waals surface area contributed by atoms with Gasteiger partial charge in [-0.3, -0.25) is 9.69 Å². The van der Waals surface area contributed by atoms with Crippen LogP contribution >= 0.6 is 0 Å². The van der Waals surface area contributed by atoms with Crippen molar-refractivity contribution in [1.82, 2.24) is 14.1 Å². The van der Waals surface area contributed by atoms with E-state index >= 15 is 0 Å². The Morgan fingerprint density at radius 3 is 2.03 bits per heavy atom. The molecule has 7 nitrogen and oxygen atoms in total. The van der Waals surface area contributed by atoms with Gasteiger partial charge in [0.05, 0.1) is 0 Å². The molecule has 2 aromatic carbocycles. The lowest BCUT2D eigenvalue weighted by Crippen LogP contribution is -2.50. The molecule has 2 aliphatic rings. The zero-order valence-electron chi connectivity index (χ0n) is 20.0. The molecule has 34 heavy (non-hydrogen) atoms. The molecule has 2 saturated heterocycles. The number of benzene rings is 2. The van der Waals surface area contributed by atoms with Crippen molar-refractivity contribution in [3.8, 4) is 0 Å². The zero-order valence-corrected chi connectivity index (χ0v) is 20.8. The maximum absolute atomic E-state index is 13.0. The molecule has 0 N–H and O–H groups in total. The summed E-state index contributed by atoms with van der Waals surface area (Å²) in [7, 11) is -3.52. The average molecular weight is 483 g/mol. The number of rotatable bonds is 6. The number of nitrogens with zero attached hydrogens (tertiary/aromatic N) is 4. The summed E-state index contributed by atoms with van der Waals surface area (Å²) in [6.07, 6.45) is 1.61. The highest BCUT2D eigenvalue weighted by Gasteiger charge is 2.28. The lowest BCUT2D eigenvalue weighted by Gasteiger charge is -2.38. The first-order valence-electron chi connectivity index (χ1n) is 11.9. The van der Waals surface area contributed by atoms with Crippen LogP contribution in [0.3, 0.4) is 0 Å². The number of amides is 1. The summed E-state index contributed by atoms with van der Waals surface area (Å²) in [4.78, 5) is 19.6. The van der Waals surface area contributed by atoms with Gasteiger partial charge in [0.15, 0.2) is 0 Å². The van der Waals surface area contributed by atoms with Crippen LogP contribution in [0.25, 0.3) is 6.08 Å². The lowest BCUT2D eigenvalue weighted by atomic mass is 10.1.